The third-order valence-electron chi connectivity index (χ3n) is 6.67. The first-order valence-corrected chi connectivity index (χ1v) is 13.7. The molecule has 0 unspecified atom stereocenters. The van der Waals surface area contributed by atoms with E-state index in [-0.39, 0.29) is 31.1 Å². The van der Waals surface area contributed by atoms with Crippen molar-refractivity contribution >= 4 is 68.4 Å². The highest BCUT2D eigenvalue weighted by Gasteiger charge is 2.36. The lowest BCUT2D eigenvalue weighted by Gasteiger charge is -2.13. The monoisotopic (exact) mass is 598 g/mol. The molecule has 2 amide bonds. The summed E-state index contributed by atoms with van der Waals surface area (Å²) in [6, 6.07) is 21.4. The maximum Gasteiger partial charge on any atom is 0.261 e. The van der Waals surface area contributed by atoms with Gasteiger partial charge < -0.3 is 5.73 Å². The second kappa shape index (κ2) is 12.6. The highest BCUT2D eigenvalue weighted by atomic mass is 35.5. The molecule has 3 heterocycles. The van der Waals surface area contributed by atoms with Crippen molar-refractivity contribution < 1.29 is 19.2 Å². The average molecular weight is 599 g/mol. The molecule has 0 saturated carbocycles. The quantitative estimate of drug-likeness (QED) is 0.254. The minimum absolute atomic E-state index is 0.0225. The molecule has 8 nitrogen and oxygen atoms in total. The molecule has 2 N–H and O–H groups in total. The van der Waals surface area contributed by atoms with E-state index in [4.69, 9.17) is 28.9 Å². The molecule has 0 fully saturated rings. The largest absolute Gasteiger partial charge is 0.324 e. The minimum atomic E-state index is -0.423. The Morgan fingerprint density at radius 2 is 1.17 bits per heavy atom. The van der Waals surface area contributed by atoms with E-state index >= 15 is 0 Å². The lowest BCUT2D eigenvalue weighted by atomic mass is 10.1. The second-order valence-electron chi connectivity index (χ2n) is 9.74. The number of rotatable bonds is 7. The van der Waals surface area contributed by atoms with Crippen molar-refractivity contribution in [3.63, 3.8) is 0 Å². The van der Waals surface area contributed by atoms with Gasteiger partial charge in [0.05, 0.1) is 45.3 Å². The molecule has 0 spiro atoms. The Morgan fingerprint density at radius 3 is 1.64 bits per heavy atom. The zero-order chi connectivity index (χ0) is 29.8. The van der Waals surface area contributed by atoms with Crippen molar-refractivity contribution in [2.24, 2.45) is 5.73 Å². The molecule has 0 bridgehead atoms. The molecule has 5 aromatic rings. The molecule has 0 atom stereocenters. The average Bonchev–Trinajstić information content (AvgIpc) is 3.21. The Balaban J connectivity index is 0.000000189. The van der Waals surface area contributed by atoms with Crippen molar-refractivity contribution in [3.05, 3.63) is 117 Å². The lowest BCUT2D eigenvalue weighted by Crippen LogP contribution is -2.35. The molecular weight excluding hydrogens is 575 g/mol. The molecular formula is C32H24Cl2N4O4. The number of imide groups is 1. The van der Waals surface area contributed by atoms with Gasteiger partial charge in [-0.25, -0.2) is 0 Å². The van der Waals surface area contributed by atoms with E-state index in [0.717, 1.165) is 37.8 Å². The number of carbonyl (C=O) groups excluding carboxylic acids is 4. The van der Waals surface area contributed by atoms with Crippen LogP contribution in [0.3, 0.4) is 0 Å². The number of amides is 2. The van der Waals surface area contributed by atoms with Gasteiger partial charge >= 0.3 is 0 Å². The molecule has 0 radical (unpaired) electrons. The van der Waals surface area contributed by atoms with Crippen LogP contribution in [0, 0.1) is 0 Å². The number of hydrogen-bond donors (Lipinski definition) is 1. The zero-order valence-corrected chi connectivity index (χ0v) is 23.7. The fourth-order valence-electron chi connectivity index (χ4n) is 4.67. The molecule has 210 valence electrons. The van der Waals surface area contributed by atoms with Crippen molar-refractivity contribution in [3.8, 4) is 0 Å². The van der Waals surface area contributed by atoms with E-state index in [1.165, 1.54) is 0 Å². The van der Waals surface area contributed by atoms with Gasteiger partial charge in [0, 0.05) is 36.0 Å². The fraction of sp³-hybridized carbons (Fsp3) is 0.125. The van der Waals surface area contributed by atoms with E-state index in [1.54, 1.807) is 42.7 Å². The van der Waals surface area contributed by atoms with Crippen molar-refractivity contribution in [1.82, 2.24) is 14.9 Å². The summed E-state index contributed by atoms with van der Waals surface area (Å²) in [5.74, 6) is -1.04. The summed E-state index contributed by atoms with van der Waals surface area (Å²) in [4.78, 5) is 57.7. The van der Waals surface area contributed by atoms with Crippen LogP contribution in [0.15, 0.2) is 85.2 Å². The summed E-state index contributed by atoms with van der Waals surface area (Å²) in [5.41, 5.74) is 9.33. The predicted octanol–water partition coefficient (Wildman–Crippen LogP) is 5.25. The van der Waals surface area contributed by atoms with Crippen LogP contribution in [0.1, 0.15) is 31.8 Å². The SMILES string of the molecule is NCC(=O)Cc1ccc2ncc(Cl)cc2c1.O=C(Cc1ccc2ncc(Cl)cc2c1)CN1C(=O)c2ccccc2C1=O. The Labute approximate surface area is 251 Å². The van der Waals surface area contributed by atoms with Crippen LogP contribution < -0.4 is 5.73 Å². The van der Waals surface area contributed by atoms with Crippen LogP contribution in [0.25, 0.3) is 21.8 Å². The summed E-state index contributed by atoms with van der Waals surface area (Å²) in [6.07, 6.45) is 3.65. The number of Topliss-reactive ketones (excluding diaryl/α,β-unsaturated/α-hetero) is 2. The minimum Gasteiger partial charge on any atom is -0.324 e. The number of carbonyl (C=O) groups is 4. The Kier molecular flexibility index (Phi) is 8.68. The number of ketones is 2. The number of nitrogens with two attached hydrogens (primary N) is 1. The first-order chi connectivity index (χ1) is 20.2. The number of benzene rings is 3. The fourth-order valence-corrected chi connectivity index (χ4v) is 5.00. The van der Waals surface area contributed by atoms with Gasteiger partial charge in [0.15, 0.2) is 11.6 Å². The van der Waals surface area contributed by atoms with Gasteiger partial charge in [0.1, 0.15) is 0 Å². The van der Waals surface area contributed by atoms with Crippen LogP contribution in [0.4, 0.5) is 0 Å². The summed E-state index contributed by atoms with van der Waals surface area (Å²) in [7, 11) is 0. The highest BCUT2D eigenvalue weighted by Crippen LogP contribution is 2.23. The summed E-state index contributed by atoms with van der Waals surface area (Å²) in [5, 5.41) is 2.89. The van der Waals surface area contributed by atoms with Crippen molar-refractivity contribution in [2.75, 3.05) is 13.1 Å². The first-order valence-electron chi connectivity index (χ1n) is 13.0. The maximum atomic E-state index is 12.4. The van der Waals surface area contributed by atoms with E-state index in [9.17, 15) is 19.2 Å². The predicted molar refractivity (Wildman–Crippen MR) is 162 cm³/mol. The summed E-state index contributed by atoms with van der Waals surface area (Å²) in [6.45, 7) is -0.163. The Bertz CT molecular complexity index is 1840. The molecule has 0 aliphatic carbocycles. The number of halogens is 2. The molecule has 2 aromatic heterocycles. The van der Waals surface area contributed by atoms with Gasteiger partial charge in [0.2, 0.25) is 0 Å². The van der Waals surface area contributed by atoms with Crippen LogP contribution in [-0.2, 0) is 22.4 Å². The van der Waals surface area contributed by atoms with Gasteiger partial charge in [-0.1, -0.05) is 47.5 Å². The first kappa shape index (κ1) is 29.0. The van der Waals surface area contributed by atoms with Gasteiger partial charge in [-0.05, 0) is 59.7 Å². The molecule has 0 saturated heterocycles. The number of aromatic nitrogens is 2. The van der Waals surface area contributed by atoms with E-state index in [0.29, 0.717) is 27.6 Å². The lowest BCUT2D eigenvalue weighted by molar-refractivity contribution is -0.119. The standard InChI is InChI=1S/C20H13ClN2O3.C12H11ClN2O/c21-14-9-13-7-12(5-6-18(13)22-10-14)8-15(24)11-23-19(25)16-3-1-2-4-17(16)20(23)26;13-10-5-9-3-8(4-11(16)6-14)1-2-12(9)15-7-10/h1-7,9-10H,8,11H2;1-3,5,7H,4,6,14H2. The van der Waals surface area contributed by atoms with Crippen LogP contribution in [-0.4, -0.2) is 51.3 Å². The molecule has 1 aliphatic heterocycles. The normalized spacial score (nSPS) is 12.3. The molecule has 3 aromatic carbocycles. The second-order valence-corrected chi connectivity index (χ2v) is 10.6. The van der Waals surface area contributed by atoms with Crippen molar-refractivity contribution in [2.45, 2.75) is 12.8 Å². The van der Waals surface area contributed by atoms with Gasteiger partial charge in [-0.15, -0.1) is 0 Å². The number of nitrogens with zero attached hydrogens (tertiary/aromatic N) is 3. The van der Waals surface area contributed by atoms with Crippen LogP contribution >= 0.6 is 23.2 Å². The number of fused-ring (bicyclic) bond motifs is 3. The molecule has 6 rings (SSSR count). The van der Waals surface area contributed by atoms with Gasteiger partial charge in [-0.2, -0.15) is 0 Å². The number of hydrogen-bond acceptors (Lipinski definition) is 7. The molecule has 1 aliphatic rings. The maximum absolute atomic E-state index is 12.4. The van der Waals surface area contributed by atoms with E-state index in [2.05, 4.69) is 9.97 Å². The third-order valence-corrected chi connectivity index (χ3v) is 7.08. The topological polar surface area (TPSA) is 123 Å². The smallest absolute Gasteiger partial charge is 0.261 e. The third kappa shape index (κ3) is 6.52. The molecule has 42 heavy (non-hydrogen) atoms. The highest BCUT2D eigenvalue weighted by molar-refractivity contribution is 6.31. The van der Waals surface area contributed by atoms with Gasteiger partial charge in [-0.3, -0.25) is 34.0 Å². The van der Waals surface area contributed by atoms with E-state index < -0.39 is 11.8 Å². The van der Waals surface area contributed by atoms with E-state index in [1.807, 2.05) is 42.5 Å². The Morgan fingerprint density at radius 1 is 0.690 bits per heavy atom. The summed E-state index contributed by atoms with van der Waals surface area (Å²) < 4.78 is 0. The van der Waals surface area contributed by atoms with Crippen LogP contribution in [0.5, 0.6) is 0 Å². The summed E-state index contributed by atoms with van der Waals surface area (Å²) >= 11 is 11.8. The molecule has 10 heteroatoms. The van der Waals surface area contributed by atoms with Gasteiger partial charge in [0.25, 0.3) is 11.8 Å². The zero-order valence-electron chi connectivity index (χ0n) is 22.2. The Hall–Kier alpha value is -4.50. The van der Waals surface area contributed by atoms with Crippen molar-refractivity contribution in [1.29, 1.82) is 0 Å². The van der Waals surface area contributed by atoms with Crippen LogP contribution in [0.2, 0.25) is 10.0 Å². The number of pyridine rings is 2.